The first kappa shape index (κ1) is 22.2. The molecule has 1 fully saturated rings. The molecule has 28 heavy (non-hydrogen) atoms. The van der Waals surface area contributed by atoms with Crippen LogP contribution in [0.1, 0.15) is 38.5 Å². The monoisotopic (exact) mass is 412 g/mol. The van der Waals surface area contributed by atoms with Gasteiger partial charge in [0, 0.05) is 33.2 Å². The number of imidazole rings is 1. The molecular weight excluding hydrogens is 384 g/mol. The van der Waals surface area contributed by atoms with E-state index in [1.54, 1.807) is 18.7 Å². The number of halogens is 1. The topological polar surface area (TPSA) is 103 Å². The van der Waals surface area contributed by atoms with E-state index in [1.807, 2.05) is 0 Å². The van der Waals surface area contributed by atoms with Gasteiger partial charge in [-0.3, -0.25) is 14.2 Å². The summed E-state index contributed by atoms with van der Waals surface area (Å²) < 4.78 is 3.80. The van der Waals surface area contributed by atoms with Crippen LogP contribution in [-0.4, -0.2) is 43.7 Å². The molecule has 1 saturated carbocycles. The molecular formula is C18H29ClN6O3. The van der Waals surface area contributed by atoms with Crippen molar-refractivity contribution in [2.75, 3.05) is 13.1 Å². The molecule has 0 saturated heterocycles. The van der Waals surface area contributed by atoms with E-state index in [1.165, 1.54) is 49.4 Å². The molecule has 9 nitrogen and oxygen atoms in total. The molecule has 3 rings (SSSR count). The molecule has 0 radical (unpaired) electrons. The maximum atomic E-state index is 12.6. The standard InChI is InChI=1S/C18H28N6O3.ClH/c1-22-12-21-16-15(22)17(26)24(18(27)23(16)2)11-14(25)20-10-9-19-13-7-5-3-4-6-8-13;/h12-13,19H,3-11H2,1-2H3,(H,20,25);1H. The second-order valence-corrected chi connectivity index (χ2v) is 7.25. The van der Waals surface area contributed by atoms with E-state index in [9.17, 15) is 14.4 Å². The number of rotatable bonds is 6. The van der Waals surface area contributed by atoms with Gasteiger partial charge in [0.05, 0.1) is 6.33 Å². The van der Waals surface area contributed by atoms with Gasteiger partial charge in [-0.2, -0.15) is 0 Å². The Kier molecular flexibility index (Phi) is 7.82. The second kappa shape index (κ2) is 9.88. The summed E-state index contributed by atoms with van der Waals surface area (Å²) in [6, 6.07) is 0.520. The smallest absolute Gasteiger partial charge is 0.332 e. The van der Waals surface area contributed by atoms with Gasteiger partial charge < -0.3 is 15.2 Å². The number of carbonyl (C=O) groups excluding carboxylic acids is 1. The van der Waals surface area contributed by atoms with Crippen molar-refractivity contribution in [1.82, 2.24) is 29.3 Å². The van der Waals surface area contributed by atoms with Crippen molar-refractivity contribution in [3.05, 3.63) is 27.2 Å². The predicted molar refractivity (Wildman–Crippen MR) is 110 cm³/mol. The molecule has 0 aliphatic heterocycles. The van der Waals surface area contributed by atoms with Crippen LogP contribution < -0.4 is 21.9 Å². The molecule has 1 aliphatic rings. The Bertz CT molecular complexity index is 924. The SMILES string of the molecule is Cl.Cn1cnc2c1c(=O)n(CC(=O)NCCNC1CCCCCC1)c(=O)n2C. The van der Waals surface area contributed by atoms with Crippen molar-refractivity contribution in [1.29, 1.82) is 0 Å². The summed E-state index contributed by atoms with van der Waals surface area (Å²) in [6.07, 6.45) is 8.97. The second-order valence-electron chi connectivity index (χ2n) is 7.25. The molecule has 2 heterocycles. The molecule has 0 bridgehead atoms. The van der Waals surface area contributed by atoms with Gasteiger partial charge in [-0.05, 0) is 12.8 Å². The Morgan fingerprint density at radius 1 is 1.14 bits per heavy atom. The summed E-state index contributed by atoms with van der Waals surface area (Å²) in [4.78, 5) is 41.3. The van der Waals surface area contributed by atoms with Crippen LogP contribution in [0.3, 0.4) is 0 Å². The van der Waals surface area contributed by atoms with Gasteiger partial charge in [0.15, 0.2) is 11.2 Å². The van der Waals surface area contributed by atoms with Crippen LogP contribution in [0.2, 0.25) is 0 Å². The number of nitrogens with zero attached hydrogens (tertiary/aromatic N) is 4. The van der Waals surface area contributed by atoms with E-state index in [0.717, 1.165) is 4.57 Å². The van der Waals surface area contributed by atoms with Gasteiger partial charge in [-0.25, -0.2) is 14.3 Å². The lowest BCUT2D eigenvalue weighted by Crippen LogP contribution is -2.44. The molecule has 0 spiro atoms. The highest BCUT2D eigenvalue weighted by Crippen LogP contribution is 2.16. The normalized spacial score (nSPS) is 15.2. The number of nitrogens with one attached hydrogen (secondary N) is 2. The fourth-order valence-corrected chi connectivity index (χ4v) is 3.70. The summed E-state index contributed by atoms with van der Waals surface area (Å²) in [6.45, 7) is 0.860. The Hall–Kier alpha value is -2.13. The molecule has 156 valence electrons. The van der Waals surface area contributed by atoms with E-state index in [4.69, 9.17) is 0 Å². The summed E-state index contributed by atoms with van der Waals surface area (Å²) in [5, 5.41) is 6.27. The van der Waals surface area contributed by atoms with E-state index in [-0.39, 0.29) is 24.9 Å². The van der Waals surface area contributed by atoms with Crippen molar-refractivity contribution in [2.24, 2.45) is 14.1 Å². The lowest BCUT2D eigenvalue weighted by Gasteiger charge is -2.16. The molecule has 1 aliphatic carbocycles. The van der Waals surface area contributed by atoms with Gasteiger partial charge in [0.1, 0.15) is 6.54 Å². The minimum Gasteiger partial charge on any atom is -0.353 e. The van der Waals surface area contributed by atoms with E-state index in [0.29, 0.717) is 30.3 Å². The van der Waals surface area contributed by atoms with Crippen LogP contribution in [0.25, 0.3) is 11.2 Å². The minimum atomic E-state index is -0.544. The summed E-state index contributed by atoms with van der Waals surface area (Å²) in [5.41, 5.74) is -0.422. The predicted octanol–water partition coefficient (Wildman–Crippen LogP) is 0.284. The summed E-state index contributed by atoms with van der Waals surface area (Å²) in [5.74, 6) is -0.349. The van der Waals surface area contributed by atoms with Crippen LogP contribution in [-0.2, 0) is 25.4 Å². The molecule has 1 amide bonds. The third kappa shape index (κ3) is 4.82. The number of hydrogen-bond acceptors (Lipinski definition) is 5. The van der Waals surface area contributed by atoms with Crippen LogP contribution in [0.15, 0.2) is 15.9 Å². The average Bonchev–Trinajstić information content (AvgIpc) is 2.86. The van der Waals surface area contributed by atoms with Gasteiger partial charge >= 0.3 is 5.69 Å². The van der Waals surface area contributed by atoms with E-state index < -0.39 is 11.2 Å². The highest BCUT2D eigenvalue weighted by atomic mass is 35.5. The van der Waals surface area contributed by atoms with Crippen molar-refractivity contribution in [3.63, 3.8) is 0 Å². The molecule has 2 aromatic heterocycles. The quantitative estimate of drug-likeness (QED) is 0.524. The zero-order chi connectivity index (χ0) is 19.4. The van der Waals surface area contributed by atoms with Crippen molar-refractivity contribution in [3.8, 4) is 0 Å². The lowest BCUT2D eigenvalue weighted by atomic mass is 10.1. The Labute approximate surface area is 169 Å². The van der Waals surface area contributed by atoms with Crippen LogP contribution in [0.5, 0.6) is 0 Å². The third-order valence-corrected chi connectivity index (χ3v) is 5.24. The number of fused-ring (bicyclic) bond motifs is 1. The first-order valence-electron chi connectivity index (χ1n) is 9.60. The highest BCUT2D eigenvalue weighted by Gasteiger charge is 2.17. The number of aryl methyl sites for hydroxylation is 2. The largest absolute Gasteiger partial charge is 0.353 e. The molecule has 10 heteroatoms. The molecule has 0 unspecified atom stereocenters. The zero-order valence-electron chi connectivity index (χ0n) is 16.4. The molecule has 2 N–H and O–H groups in total. The molecule has 2 aromatic rings. The van der Waals surface area contributed by atoms with Gasteiger partial charge in [0.25, 0.3) is 5.56 Å². The minimum absolute atomic E-state index is 0. The maximum absolute atomic E-state index is 12.6. The number of aromatic nitrogens is 4. The van der Waals surface area contributed by atoms with E-state index >= 15 is 0 Å². The molecule has 0 aromatic carbocycles. The Morgan fingerprint density at radius 2 is 1.82 bits per heavy atom. The fourth-order valence-electron chi connectivity index (χ4n) is 3.70. The van der Waals surface area contributed by atoms with Crippen LogP contribution >= 0.6 is 12.4 Å². The van der Waals surface area contributed by atoms with E-state index in [2.05, 4.69) is 15.6 Å². The third-order valence-electron chi connectivity index (χ3n) is 5.24. The zero-order valence-corrected chi connectivity index (χ0v) is 17.3. The summed E-state index contributed by atoms with van der Waals surface area (Å²) in [7, 11) is 3.23. The Morgan fingerprint density at radius 3 is 2.50 bits per heavy atom. The number of hydrogen-bond donors (Lipinski definition) is 2. The van der Waals surface area contributed by atoms with Crippen LogP contribution in [0, 0.1) is 0 Å². The first-order valence-corrected chi connectivity index (χ1v) is 9.60. The highest BCUT2D eigenvalue weighted by molar-refractivity contribution is 5.85. The van der Waals surface area contributed by atoms with Crippen molar-refractivity contribution in [2.45, 2.75) is 51.1 Å². The van der Waals surface area contributed by atoms with Crippen molar-refractivity contribution < 1.29 is 4.79 Å². The van der Waals surface area contributed by atoms with Crippen LogP contribution in [0.4, 0.5) is 0 Å². The van der Waals surface area contributed by atoms with Gasteiger partial charge in [-0.15, -0.1) is 12.4 Å². The van der Waals surface area contributed by atoms with Gasteiger partial charge in [-0.1, -0.05) is 25.7 Å². The lowest BCUT2D eigenvalue weighted by molar-refractivity contribution is -0.121. The maximum Gasteiger partial charge on any atom is 0.332 e. The first-order chi connectivity index (χ1) is 13.0. The fraction of sp³-hybridized carbons (Fsp3) is 0.667. The van der Waals surface area contributed by atoms with Gasteiger partial charge in [0.2, 0.25) is 5.91 Å². The Balaban J connectivity index is 0.00000280. The average molecular weight is 413 g/mol. The molecule has 0 atom stereocenters. The number of carbonyl (C=O) groups is 1. The van der Waals surface area contributed by atoms with Crippen molar-refractivity contribution >= 4 is 29.5 Å². The summed E-state index contributed by atoms with van der Waals surface area (Å²) >= 11 is 0. The number of amides is 1.